The van der Waals surface area contributed by atoms with E-state index >= 15 is 0 Å². The van der Waals surface area contributed by atoms with Gasteiger partial charge in [0.2, 0.25) is 5.91 Å². The van der Waals surface area contributed by atoms with Gasteiger partial charge in [-0.15, -0.1) is 0 Å². The fourth-order valence-corrected chi connectivity index (χ4v) is 4.37. The molecular formula is C25H33N5O2. The molecule has 1 N–H and O–H groups in total. The van der Waals surface area contributed by atoms with Crippen molar-refractivity contribution in [2.45, 2.75) is 46.1 Å². The second-order valence-electron chi connectivity index (χ2n) is 8.59. The topological polar surface area (TPSA) is 72.3 Å². The zero-order chi connectivity index (χ0) is 22.5. The number of rotatable bonds is 8. The average Bonchev–Trinajstić information content (AvgIpc) is 3.12. The number of carbonyl (C=O) groups excluding carboxylic acids is 1. The molecule has 0 saturated carbocycles. The fourth-order valence-electron chi connectivity index (χ4n) is 4.37. The molecule has 3 heterocycles. The molecule has 7 heteroatoms. The molecule has 7 nitrogen and oxygen atoms in total. The van der Waals surface area contributed by atoms with Crippen LogP contribution in [0.4, 0.5) is 5.82 Å². The normalized spacial score (nSPS) is 16.3. The number of amides is 1. The van der Waals surface area contributed by atoms with Crippen LogP contribution in [0, 0.1) is 12.8 Å². The Labute approximate surface area is 189 Å². The maximum Gasteiger partial charge on any atom is 0.225 e. The van der Waals surface area contributed by atoms with Gasteiger partial charge in [-0.25, -0.2) is 4.98 Å². The van der Waals surface area contributed by atoms with Crippen LogP contribution in [0.25, 0.3) is 10.9 Å². The highest BCUT2D eigenvalue weighted by Gasteiger charge is 2.28. The van der Waals surface area contributed by atoms with Gasteiger partial charge in [0.05, 0.1) is 18.2 Å². The number of fused-ring (bicyclic) bond motifs is 1. The van der Waals surface area contributed by atoms with Crippen LogP contribution in [-0.4, -0.2) is 40.4 Å². The number of anilines is 1. The summed E-state index contributed by atoms with van der Waals surface area (Å²) in [5.74, 6) is 1.85. The van der Waals surface area contributed by atoms with Gasteiger partial charge in [0.1, 0.15) is 11.3 Å². The molecule has 1 saturated heterocycles. The number of nitrogens with zero attached hydrogens (tertiary/aromatic N) is 4. The lowest BCUT2D eigenvalue weighted by Crippen LogP contribution is -2.43. The lowest BCUT2D eigenvalue weighted by Gasteiger charge is -2.33. The van der Waals surface area contributed by atoms with Crippen molar-refractivity contribution in [2.75, 3.05) is 24.6 Å². The number of hydrogen-bond donors (Lipinski definition) is 1. The first-order chi connectivity index (χ1) is 15.6. The van der Waals surface area contributed by atoms with Crippen molar-refractivity contribution in [1.29, 1.82) is 0 Å². The number of unbranched alkanes of at least 4 members (excludes halogenated alkanes) is 1. The van der Waals surface area contributed by atoms with Crippen LogP contribution in [-0.2, 0) is 18.4 Å². The summed E-state index contributed by atoms with van der Waals surface area (Å²) >= 11 is 0. The molecule has 1 amide bonds. The molecule has 1 atom stereocenters. The highest BCUT2D eigenvalue weighted by molar-refractivity contribution is 5.91. The van der Waals surface area contributed by atoms with Crippen LogP contribution in [0.2, 0.25) is 0 Å². The van der Waals surface area contributed by atoms with E-state index in [-0.39, 0.29) is 11.8 Å². The number of carbonyl (C=O) groups is 1. The Hall–Kier alpha value is -3.09. The van der Waals surface area contributed by atoms with Crippen LogP contribution < -0.4 is 15.0 Å². The van der Waals surface area contributed by atoms with Gasteiger partial charge in [-0.2, -0.15) is 5.10 Å². The molecule has 1 unspecified atom stereocenters. The van der Waals surface area contributed by atoms with Crippen molar-refractivity contribution in [1.82, 2.24) is 20.1 Å². The highest BCUT2D eigenvalue weighted by atomic mass is 16.5. The molecule has 1 fully saturated rings. The quantitative estimate of drug-likeness (QED) is 0.542. The Morgan fingerprint density at radius 3 is 2.84 bits per heavy atom. The number of piperidine rings is 1. The predicted octanol–water partition coefficient (Wildman–Crippen LogP) is 3.99. The molecular weight excluding hydrogens is 402 g/mol. The highest BCUT2D eigenvalue weighted by Crippen LogP contribution is 2.29. The second-order valence-corrected chi connectivity index (χ2v) is 8.59. The molecule has 4 rings (SSSR count). The molecule has 0 radical (unpaired) electrons. The number of ether oxygens (including phenoxy) is 1. The Balaban J connectivity index is 1.36. The van der Waals surface area contributed by atoms with Crippen molar-refractivity contribution >= 4 is 22.6 Å². The zero-order valence-corrected chi connectivity index (χ0v) is 19.3. The van der Waals surface area contributed by atoms with E-state index in [1.165, 1.54) is 0 Å². The third-order valence-corrected chi connectivity index (χ3v) is 6.17. The molecule has 32 heavy (non-hydrogen) atoms. The first-order valence-corrected chi connectivity index (χ1v) is 11.6. The van der Waals surface area contributed by atoms with E-state index in [9.17, 15) is 4.79 Å². The van der Waals surface area contributed by atoms with Crippen molar-refractivity contribution in [3.8, 4) is 5.75 Å². The number of benzene rings is 1. The van der Waals surface area contributed by atoms with Gasteiger partial charge in [-0.1, -0.05) is 25.5 Å². The SMILES string of the molecule is CCCCOc1ccc(CNC(=O)C2CCCN(c3nccc4c(C)nn(C)c34)C2)cc1. The minimum absolute atomic E-state index is 0.0493. The standard InChI is InChI=1S/C25H33N5O2/c1-4-5-15-32-21-10-8-19(9-11-21)16-27-25(31)20-7-6-14-30(17-20)24-23-22(12-13-26-24)18(2)28-29(23)3/h8-13,20H,4-7,14-17H2,1-3H3,(H,27,31). The number of aromatic nitrogens is 3. The van der Waals surface area contributed by atoms with E-state index < -0.39 is 0 Å². The maximum absolute atomic E-state index is 12.9. The van der Waals surface area contributed by atoms with E-state index in [1.807, 2.05) is 55.2 Å². The third-order valence-electron chi connectivity index (χ3n) is 6.17. The molecule has 1 aliphatic rings. The largest absolute Gasteiger partial charge is 0.494 e. The predicted molar refractivity (Wildman–Crippen MR) is 127 cm³/mol. The summed E-state index contributed by atoms with van der Waals surface area (Å²) in [5.41, 5.74) is 3.11. The van der Waals surface area contributed by atoms with Crippen LogP contribution in [0.15, 0.2) is 36.5 Å². The van der Waals surface area contributed by atoms with Crippen LogP contribution in [0.5, 0.6) is 5.75 Å². The minimum Gasteiger partial charge on any atom is -0.494 e. The van der Waals surface area contributed by atoms with Gasteiger partial charge in [0.25, 0.3) is 0 Å². The van der Waals surface area contributed by atoms with Gasteiger partial charge in [0, 0.05) is 38.3 Å². The summed E-state index contributed by atoms with van der Waals surface area (Å²) < 4.78 is 7.61. The van der Waals surface area contributed by atoms with Crippen LogP contribution in [0.3, 0.4) is 0 Å². The minimum atomic E-state index is -0.0493. The number of nitrogens with one attached hydrogen (secondary N) is 1. The number of hydrogen-bond acceptors (Lipinski definition) is 5. The molecule has 1 aliphatic heterocycles. The fraction of sp³-hybridized carbons (Fsp3) is 0.480. The van der Waals surface area contributed by atoms with Gasteiger partial charge in [-0.3, -0.25) is 9.48 Å². The first kappa shape index (κ1) is 22.1. The second kappa shape index (κ2) is 10.0. The van der Waals surface area contributed by atoms with Crippen molar-refractivity contribution in [3.63, 3.8) is 0 Å². The van der Waals surface area contributed by atoms with Gasteiger partial charge in [0.15, 0.2) is 5.82 Å². The van der Waals surface area contributed by atoms with Gasteiger partial charge in [-0.05, 0) is 49.9 Å². The van der Waals surface area contributed by atoms with Crippen LogP contribution >= 0.6 is 0 Å². The average molecular weight is 436 g/mol. The molecule has 170 valence electrons. The molecule has 1 aromatic carbocycles. The zero-order valence-electron chi connectivity index (χ0n) is 19.3. The maximum atomic E-state index is 12.9. The van der Waals surface area contributed by atoms with E-state index in [2.05, 4.69) is 27.2 Å². The summed E-state index contributed by atoms with van der Waals surface area (Å²) in [5, 5.41) is 8.79. The van der Waals surface area contributed by atoms with Crippen molar-refractivity contribution in [3.05, 3.63) is 47.8 Å². The summed E-state index contributed by atoms with van der Waals surface area (Å²) in [7, 11) is 1.95. The molecule has 0 aliphatic carbocycles. The summed E-state index contributed by atoms with van der Waals surface area (Å²) in [6.07, 6.45) is 5.88. The molecule has 2 aromatic heterocycles. The number of pyridine rings is 1. The molecule has 0 bridgehead atoms. The Kier molecular flexibility index (Phi) is 6.93. The monoisotopic (exact) mass is 435 g/mol. The van der Waals surface area contributed by atoms with E-state index in [4.69, 9.17) is 4.74 Å². The lowest BCUT2D eigenvalue weighted by atomic mass is 9.97. The van der Waals surface area contributed by atoms with Gasteiger partial charge >= 0.3 is 0 Å². The first-order valence-electron chi connectivity index (χ1n) is 11.6. The van der Waals surface area contributed by atoms with Crippen molar-refractivity contribution < 1.29 is 9.53 Å². The molecule has 3 aromatic rings. The van der Waals surface area contributed by atoms with Crippen molar-refractivity contribution in [2.24, 2.45) is 13.0 Å². The Bertz CT molecular complexity index is 1060. The third kappa shape index (κ3) is 4.87. The summed E-state index contributed by atoms with van der Waals surface area (Å²) in [4.78, 5) is 19.8. The lowest BCUT2D eigenvalue weighted by molar-refractivity contribution is -0.125. The summed E-state index contributed by atoms with van der Waals surface area (Å²) in [6.45, 7) is 7.01. The van der Waals surface area contributed by atoms with E-state index in [0.29, 0.717) is 13.1 Å². The van der Waals surface area contributed by atoms with E-state index in [0.717, 1.165) is 72.6 Å². The Morgan fingerprint density at radius 2 is 2.06 bits per heavy atom. The van der Waals surface area contributed by atoms with Gasteiger partial charge < -0.3 is 15.0 Å². The van der Waals surface area contributed by atoms with E-state index in [1.54, 1.807) is 0 Å². The number of aryl methyl sites for hydroxylation is 2. The molecule has 0 spiro atoms. The Morgan fingerprint density at radius 1 is 1.25 bits per heavy atom. The smallest absolute Gasteiger partial charge is 0.225 e. The van der Waals surface area contributed by atoms with Crippen LogP contribution in [0.1, 0.15) is 43.9 Å². The summed E-state index contributed by atoms with van der Waals surface area (Å²) in [6, 6.07) is 9.99.